The van der Waals surface area contributed by atoms with Crippen molar-refractivity contribution >= 4 is 15.9 Å². The second kappa shape index (κ2) is 4.81. The standard InChI is InChI=1S/C12H9BrN2/c13-12-9-14-15(10-12)8-4-7-11-5-2-1-3-6-11/h1-3,5-6,9-10H,8H2. The van der Waals surface area contributed by atoms with E-state index in [9.17, 15) is 0 Å². The minimum atomic E-state index is 0.612. The van der Waals surface area contributed by atoms with Crippen molar-refractivity contribution in [2.75, 3.05) is 0 Å². The molecule has 0 aliphatic heterocycles. The van der Waals surface area contributed by atoms with Gasteiger partial charge in [-0.15, -0.1) is 0 Å². The number of hydrogen-bond donors (Lipinski definition) is 0. The Labute approximate surface area is 97.1 Å². The zero-order valence-electron chi connectivity index (χ0n) is 8.02. The summed E-state index contributed by atoms with van der Waals surface area (Å²) >= 11 is 3.34. The van der Waals surface area contributed by atoms with Gasteiger partial charge >= 0.3 is 0 Å². The van der Waals surface area contributed by atoms with Crippen molar-refractivity contribution in [3.05, 3.63) is 52.8 Å². The Morgan fingerprint density at radius 2 is 2.07 bits per heavy atom. The Balaban J connectivity index is 2.02. The lowest BCUT2D eigenvalue weighted by Crippen LogP contribution is -1.94. The maximum atomic E-state index is 4.11. The van der Waals surface area contributed by atoms with E-state index in [0.717, 1.165) is 10.0 Å². The van der Waals surface area contributed by atoms with Crippen LogP contribution in [0.5, 0.6) is 0 Å². The fourth-order valence-corrected chi connectivity index (χ4v) is 1.50. The van der Waals surface area contributed by atoms with E-state index in [2.05, 4.69) is 32.9 Å². The van der Waals surface area contributed by atoms with Crippen molar-refractivity contribution in [2.45, 2.75) is 6.54 Å². The van der Waals surface area contributed by atoms with E-state index in [0.29, 0.717) is 6.54 Å². The highest BCUT2D eigenvalue weighted by Gasteiger charge is 1.90. The SMILES string of the molecule is Brc1cnn(CC#Cc2ccccc2)c1. The molecule has 74 valence electrons. The maximum Gasteiger partial charge on any atom is 0.102 e. The summed E-state index contributed by atoms with van der Waals surface area (Å²) in [4.78, 5) is 0. The third-order valence-electron chi connectivity index (χ3n) is 1.85. The molecule has 0 amide bonds. The van der Waals surface area contributed by atoms with E-state index in [1.165, 1.54) is 0 Å². The van der Waals surface area contributed by atoms with Crippen LogP contribution in [0.25, 0.3) is 0 Å². The van der Waals surface area contributed by atoms with Gasteiger partial charge in [0, 0.05) is 11.8 Å². The summed E-state index contributed by atoms with van der Waals surface area (Å²) in [5.74, 6) is 6.14. The Morgan fingerprint density at radius 1 is 1.27 bits per heavy atom. The average Bonchev–Trinajstić information content (AvgIpc) is 2.66. The lowest BCUT2D eigenvalue weighted by atomic mass is 10.2. The molecule has 0 atom stereocenters. The molecular formula is C12H9BrN2. The summed E-state index contributed by atoms with van der Waals surface area (Å²) in [5.41, 5.74) is 1.03. The molecule has 0 bridgehead atoms. The molecule has 2 aromatic rings. The Morgan fingerprint density at radius 3 is 2.73 bits per heavy atom. The second-order valence-electron chi connectivity index (χ2n) is 3.02. The van der Waals surface area contributed by atoms with Crippen LogP contribution in [0, 0.1) is 11.8 Å². The van der Waals surface area contributed by atoms with E-state index in [-0.39, 0.29) is 0 Å². The van der Waals surface area contributed by atoms with Gasteiger partial charge in [-0.3, -0.25) is 4.68 Å². The minimum Gasteiger partial charge on any atom is -0.260 e. The highest BCUT2D eigenvalue weighted by Crippen LogP contribution is 2.05. The highest BCUT2D eigenvalue weighted by molar-refractivity contribution is 9.10. The lowest BCUT2D eigenvalue weighted by molar-refractivity contribution is 0.715. The number of rotatable bonds is 1. The molecule has 0 spiro atoms. The predicted molar refractivity (Wildman–Crippen MR) is 63.2 cm³/mol. The van der Waals surface area contributed by atoms with Crippen LogP contribution >= 0.6 is 15.9 Å². The first-order valence-corrected chi connectivity index (χ1v) is 5.36. The van der Waals surface area contributed by atoms with Gasteiger partial charge in [0.2, 0.25) is 0 Å². The van der Waals surface area contributed by atoms with Gasteiger partial charge in [0.1, 0.15) is 6.54 Å². The van der Waals surface area contributed by atoms with Crippen molar-refractivity contribution in [1.82, 2.24) is 9.78 Å². The quantitative estimate of drug-likeness (QED) is 0.722. The molecule has 3 heteroatoms. The topological polar surface area (TPSA) is 17.8 Å². The molecule has 0 radical (unpaired) electrons. The molecule has 2 rings (SSSR count). The van der Waals surface area contributed by atoms with E-state index >= 15 is 0 Å². The third kappa shape index (κ3) is 2.97. The molecule has 2 nitrogen and oxygen atoms in total. The summed E-state index contributed by atoms with van der Waals surface area (Å²) in [6.07, 6.45) is 3.66. The maximum absolute atomic E-state index is 4.11. The van der Waals surface area contributed by atoms with Gasteiger partial charge in [0.25, 0.3) is 0 Å². The van der Waals surface area contributed by atoms with Crippen LogP contribution in [0.3, 0.4) is 0 Å². The molecule has 15 heavy (non-hydrogen) atoms. The second-order valence-corrected chi connectivity index (χ2v) is 3.94. The van der Waals surface area contributed by atoms with Crippen molar-refractivity contribution in [3.8, 4) is 11.8 Å². The fraction of sp³-hybridized carbons (Fsp3) is 0.0833. The molecule has 0 N–H and O–H groups in total. The molecule has 0 saturated carbocycles. The summed E-state index contributed by atoms with van der Waals surface area (Å²) in [7, 11) is 0. The summed E-state index contributed by atoms with van der Waals surface area (Å²) in [6, 6.07) is 9.93. The van der Waals surface area contributed by atoms with Gasteiger partial charge in [-0.1, -0.05) is 30.0 Å². The molecule has 0 aliphatic carbocycles. The average molecular weight is 261 g/mol. The van der Waals surface area contributed by atoms with Gasteiger partial charge in [0.15, 0.2) is 0 Å². The first kappa shape index (κ1) is 10.0. The van der Waals surface area contributed by atoms with Crippen LogP contribution in [0.4, 0.5) is 0 Å². The van der Waals surface area contributed by atoms with Crippen LogP contribution < -0.4 is 0 Å². The van der Waals surface area contributed by atoms with E-state index in [4.69, 9.17) is 0 Å². The molecular weight excluding hydrogens is 252 g/mol. The molecule has 1 aromatic heterocycles. The summed E-state index contributed by atoms with van der Waals surface area (Å²) < 4.78 is 2.77. The van der Waals surface area contributed by atoms with Crippen LogP contribution in [0.15, 0.2) is 47.2 Å². The first-order chi connectivity index (χ1) is 7.34. The van der Waals surface area contributed by atoms with Crippen molar-refractivity contribution in [3.63, 3.8) is 0 Å². The van der Waals surface area contributed by atoms with Crippen LogP contribution in [0.1, 0.15) is 5.56 Å². The first-order valence-electron chi connectivity index (χ1n) is 4.56. The largest absolute Gasteiger partial charge is 0.260 e. The minimum absolute atomic E-state index is 0.612. The number of aromatic nitrogens is 2. The Bertz CT molecular complexity index is 491. The number of benzene rings is 1. The summed E-state index contributed by atoms with van der Waals surface area (Å²) in [6.45, 7) is 0.612. The molecule has 1 heterocycles. The molecule has 1 aromatic carbocycles. The zero-order chi connectivity index (χ0) is 10.5. The molecule has 0 saturated heterocycles. The number of hydrogen-bond acceptors (Lipinski definition) is 1. The van der Waals surface area contributed by atoms with Gasteiger partial charge in [0.05, 0.1) is 10.7 Å². The fourth-order valence-electron chi connectivity index (χ4n) is 1.17. The Kier molecular flexibility index (Phi) is 3.21. The lowest BCUT2D eigenvalue weighted by Gasteiger charge is -1.90. The van der Waals surface area contributed by atoms with Crippen LogP contribution in [-0.4, -0.2) is 9.78 Å². The zero-order valence-corrected chi connectivity index (χ0v) is 9.61. The third-order valence-corrected chi connectivity index (χ3v) is 2.26. The van der Waals surface area contributed by atoms with Gasteiger partial charge in [-0.05, 0) is 28.1 Å². The van der Waals surface area contributed by atoms with Crippen molar-refractivity contribution < 1.29 is 0 Å². The molecule has 0 aliphatic rings. The monoisotopic (exact) mass is 260 g/mol. The van der Waals surface area contributed by atoms with E-state index in [1.807, 2.05) is 36.5 Å². The summed E-state index contributed by atoms with van der Waals surface area (Å²) in [5, 5.41) is 4.11. The Hall–Kier alpha value is -1.53. The normalized spacial score (nSPS) is 9.40. The van der Waals surface area contributed by atoms with Gasteiger partial charge in [-0.2, -0.15) is 5.10 Å². The number of halogens is 1. The van der Waals surface area contributed by atoms with Gasteiger partial charge < -0.3 is 0 Å². The van der Waals surface area contributed by atoms with Crippen molar-refractivity contribution in [2.24, 2.45) is 0 Å². The molecule has 0 unspecified atom stereocenters. The highest BCUT2D eigenvalue weighted by atomic mass is 79.9. The number of nitrogens with zero attached hydrogens (tertiary/aromatic N) is 2. The van der Waals surface area contributed by atoms with Crippen molar-refractivity contribution in [1.29, 1.82) is 0 Å². The van der Waals surface area contributed by atoms with E-state index in [1.54, 1.807) is 10.9 Å². The van der Waals surface area contributed by atoms with Crippen LogP contribution in [0.2, 0.25) is 0 Å². The molecule has 0 fully saturated rings. The van der Waals surface area contributed by atoms with Crippen LogP contribution in [-0.2, 0) is 6.54 Å². The van der Waals surface area contributed by atoms with E-state index < -0.39 is 0 Å². The predicted octanol–water partition coefficient (Wildman–Crippen LogP) is 2.70. The smallest absolute Gasteiger partial charge is 0.102 e. The van der Waals surface area contributed by atoms with Gasteiger partial charge in [-0.25, -0.2) is 0 Å².